The Morgan fingerprint density at radius 3 is 2.60 bits per heavy atom. The molecule has 1 aromatic carbocycles. The van der Waals surface area contributed by atoms with Gasteiger partial charge in [-0.3, -0.25) is 19.5 Å². The summed E-state index contributed by atoms with van der Waals surface area (Å²) in [5.41, 5.74) is 2.23. The second kappa shape index (κ2) is 14.5. The molecule has 1 saturated heterocycles. The maximum atomic E-state index is 15.2. The molecule has 1 aliphatic rings. The number of benzene rings is 1. The first kappa shape index (κ1) is 31.4. The fourth-order valence-corrected chi connectivity index (χ4v) is 5.07. The number of anilines is 1. The molecule has 3 rings (SSSR count). The highest BCUT2D eigenvalue weighted by Gasteiger charge is 2.33. The van der Waals surface area contributed by atoms with Crippen molar-refractivity contribution in [1.29, 1.82) is 0 Å². The molecule has 0 unspecified atom stereocenters. The molecule has 216 valence electrons. The van der Waals surface area contributed by atoms with Crippen LogP contribution in [0.15, 0.2) is 40.5 Å². The minimum Gasteiger partial charge on any atom is -0.442 e. The molecule has 40 heavy (non-hydrogen) atoms. The van der Waals surface area contributed by atoms with Crippen LogP contribution >= 0.6 is 15.9 Å². The SMILES string of the molecule is CCC/C=C(\CC[C@H](C)[C@@H](C)c1ncc(Br)cc1C=O)Cc1c(F)cc(N2C[C@H](CNC(C)=O)OC2=O)cc1F. The third-order valence-corrected chi connectivity index (χ3v) is 7.70. The van der Waals surface area contributed by atoms with Crippen LogP contribution in [-0.4, -0.2) is 42.5 Å². The van der Waals surface area contributed by atoms with E-state index in [9.17, 15) is 14.4 Å². The highest BCUT2D eigenvalue weighted by molar-refractivity contribution is 9.10. The number of ether oxygens (including phenoxy) is 1. The minimum atomic E-state index is -0.730. The summed E-state index contributed by atoms with van der Waals surface area (Å²) in [4.78, 5) is 40.7. The van der Waals surface area contributed by atoms with E-state index in [-0.39, 0.29) is 48.5 Å². The van der Waals surface area contributed by atoms with Crippen LogP contribution in [-0.2, 0) is 16.0 Å². The lowest BCUT2D eigenvalue weighted by atomic mass is 9.85. The lowest BCUT2D eigenvalue weighted by Crippen LogP contribution is -2.33. The van der Waals surface area contributed by atoms with Gasteiger partial charge in [-0.05, 0) is 65.7 Å². The zero-order valence-electron chi connectivity index (χ0n) is 23.3. The summed E-state index contributed by atoms with van der Waals surface area (Å²) in [5, 5.41) is 2.58. The average molecular weight is 621 g/mol. The molecule has 0 aliphatic carbocycles. The Morgan fingerprint density at radius 2 is 1.98 bits per heavy atom. The Balaban J connectivity index is 1.71. The molecule has 0 radical (unpaired) electrons. The summed E-state index contributed by atoms with van der Waals surface area (Å²) in [6, 6.07) is 4.07. The van der Waals surface area contributed by atoms with Gasteiger partial charge in [0, 0.05) is 34.6 Å². The van der Waals surface area contributed by atoms with Gasteiger partial charge in [-0.25, -0.2) is 13.6 Å². The number of rotatable bonds is 13. The van der Waals surface area contributed by atoms with Crippen molar-refractivity contribution in [3.8, 4) is 0 Å². The molecule has 2 aromatic rings. The van der Waals surface area contributed by atoms with Gasteiger partial charge in [0.1, 0.15) is 17.7 Å². The van der Waals surface area contributed by atoms with Crippen molar-refractivity contribution in [3.05, 3.63) is 69.0 Å². The Kier molecular flexibility index (Phi) is 11.4. The Labute approximate surface area is 242 Å². The topological polar surface area (TPSA) is 88.6 Å². The predicted molar refractivity (Wildman–Crippen MR) is 153 cm³/mol. The van der Waals surface area contributed by atoms with Gasteiger partial charge in [-0.1, -0.05) is 38.8 Å². The first-order chi connectivity index (χ1) is 19.0. The largest absolute Gasteiger partial charge is 0.442 e. The summed E-state index contributed by atoms with van der Waals surface area (Å²) in [5.74, 6) is -1.54. The number of nitrogens with one attached hydrogen (secondary N) is 1. The monoisotopic (exact) mass is 619 g/mol. The molecular weight excluding hydrogens is 584 g/mol. The number of cyclic esters (lactones) is 1. The normalized spacial score (nSPS) is 17.0. The van der Waals surface area contributed by atoms with E-state index in [1.54, 1.807) is 12.3 Å². The van der Waals surface area contributed by atoms with E-state index in [0.29, 0.717) is 12.0 Å². The van der Waals surface area contributed by atoms with Crippen LogP contribution < -0.4 is 10.2 Å². The van der Waals surface area contributed by atoms with E-state index in [1.807, 2.05) is 19.9 Å². The standard InChI is InChI=1S/C30H36BrF2N3O4/c1-5-6-7-21(9-8-18(2)19(3)29-22(17-37)11-23(31)14-35-29)10-26-27(32)12-24(13-28(26)33)36-16-25(40-30(36)39)15-34-20(4)38/h7,11-14,17-19,25H,5-6,8-10,15-16H2,1-4H3,(H,34,38)/b21-7+/t18-,19+,25-/m0/s1. The molecule has 7 nitrogen and oxygen atoms in total. The summed E-state index contributed by atoms with van der Waals surface area (Å²) in [6.45, 7) is 7.72. The van der Waals surface area contributed by atoms with Crippen LogP contribution in [0.25, 0.3) is 0 Å². The van der Waals surface area contributed by atoms with Crippen LogP contribution in [0.3, 0.4) is 0 Å². The number of aromatic nitrogens is 1. The molecule has 3 atom stereocenters. The number of hydrogen-bond donors (Lipinski definition) is 1. The van der Waals surface area contributed by atoms with Gasteiger partial charge in [-0.2, -0.15) is 0 Å². The smallest absolute Gasteiger partial charge is 0.414 e. The van der Waals surface area contributed by atoms with Crippen molar-refractivity contribution >= 4 is 39.9 Å². The van der Waals surface area contributed by atoms with Gasteiger partial charge in [0.25, 0.3) is 0 Å². The van der Waals surface area contributed by atoms with E-state index in [0.717, 1.165) is 53.4 Å². The lowest BCUT2D eigenvalue weighted by Gasteiger charge is -2.22. The van der Waals surface area contributed by atoms with Gasteiger partial charge < -0.3 is 10.1 Å². The molecular formula is C30H36BrF2N3O4. The Hall–Kier alpha value is -3.14. The fourth-order valence-electron chi connectivity index (χ4n) is 4.72. The number of unbranched alkanes of at least 4 members (excludes halogenated alkanes) is 1. The van der Waals surface area contributed by atoms with E-state index in [1.165, 1.54) is 11.8 Å². The molecule has 1 fully saturated rings. The summed E-state index contributed by atoms with van der Waals surface area (Å²) >= 11 is 3.35. The lowest BCUT2D eigenvalue weighted by molar-refractivity contribution is -0.119. The molecule has 1 N–H and O–H groups in total. The number of hydrogen-bond acceptors (Lipinski definition) is 5. The zero-order valence-corrected chi connectivity index (χ0v) is 24.9. The fraction of sp³-hybridized carbons (Fsp3) is 0.467. The highest BCUT2D eigenvalue weighted by Crippen LogP contribution is 2.32. The van der Waals surface area contributed by atoms with Crippen molar-refractivity contribution in [3.63, 3.8) is 0 Å². The number of pyridine rings is 1. The molecule has 0 bridgehead atoms. The average Bonchev–Trinajstić information content (AvgIpc) is 3.30. The van der Waals surface area contributed by atoms with E-state index < -0.39 is 23.8 Å². The second-order valence-corrected chi connectivity index (χ2v) is 11.2. The number of nitrogens with zero attached hydrogens (tertiary/aromatic N) is 2. The molecule has 0 saturated carbocycles. The van der Waals surface area contributed by atoms with Crippen molar-refractivity contribution in [1.82, 2.24) is 10.3 Å². The maximum absolute atomic E-state index is 15.2. The summed E-state index contributed by atoms with van der Waals surface area (Å²) in [6.07, 6.45) is 6.42. The minimum absolute atomic E-state index is 0.0168. The zero-order chi connectivity index (χ0) is 29.4. The molecule has 0 spiro atoms. The van der Waals surface area contributed by atoms with Gasteiger partial charge in [0.05, 0.1) is 24.5 Å². The van der Waals surface area contributed by atoms with Crippen LogP contribution in [0.5, 0.6) is 0 Å². The van der Waals surface area contributed by atoms with Gasteiger partial charge in [0.15, 0.2) is 6.29 Å². The third-order valence-electron chi connectivity index (χ3n) is 7.26. The van der Waals surface area contributed by atoms with Crippen molar-refractivity contribution < 1.29 is 27.9 Å². The number of allylic oxidation sites excluding steroid dienone is 2. The van der Waals surface area contributed by atoms with Gasteiger partial charge >= 0.3 is 6.09 Å². The highest BCUT2D eigenvalue weighted by atomic mass is 79.9. The molecule has 1 aliphatic heterocycles. The van der Waals surface area contributed by atoms with Gasteiger partial charge in [-0.15, -0.1) is 0 Å². The number of amides is 2. The molecule has 10 heteroatoms. The quantitative estimate of drug-likeness (QED) is 0.195. The van der Waals surface area contributed by atoms with Crippen molar-refractivity contribution in [2.75, 3.05) is 18.0 Å². The third kappa shape index (κ3) is 8.19. The second-order valence-electron chi connectivity index (χ2n) is 10.3. The maximum Gasteiger partial charge on any atom is 0.414 e. The van der Waals surface area contributed by atoms with Crippen molar-refractivity contribution in [2.24, 2.45) is 5.92 Å². The number of carbonyl (C=O) groups excluding carboxylic acids is 3. The van der Waals surface area contributed by atoms with Crippen LogP contribution in [0.2, 0.25) is 0 Å². The molecule has 2 heterocycles. The van der Waals surface area contributed by atoms with E-state index in [2.05, 4.69) is 33.2 Å². The van der Waals surface area contributed by atoms with Crippen LogP contribution in [0.1, 0.15) is 80.9 Å². The van der Waals surface area contributed by atoms with E-state index >= 15 is 8.78 Å². The molecule has 1 aromatic heterocycles. The number of carbonyl (C=O) groups is 3. The predicted octanol–water partition coefficient (Wildman–Crippen LogP) is 6.89. The Bertz CT molecular complexity index is 1250. The van der Waals surface area contributed by atoms with Crippen LogP contribution in [0, 0.1) is 17.6 Å². The number of aldehydes is 1. The van der Waals surface area contributed by atoms with Crippen LogP contribution in [0.4, 0.5) is 19.3 Å². The first-order valence-electron chi connectivity index (χ1n) is 13.5. The first-order valence-corrected chi connectivity index (χ1v) is 14.3. The van der Waals surface area contributed by atoms with Gasteiger partial charge in [0.2, 0.25) is 5.91 Å². The summed E-state index contributed by atoms with van der Waals surface area (Å²) in [7, 11) is 0. The number of halogens is 3. The Morgan fingerprint density at radius 1 is 1.27 bits per heavy atom. The van der Waals surface area contributed by atoms with Crippen molar-refractivity contribution in [2.45, 2.75) is 71.8 Å². The molecule has 2 amide bonds. The summed E-state index contributed by atoms with van der Waals surface area (Å²) < 4.78 is 36.4. The van der Waals surface area contributed by atoms with E-state index in [4.69, 9.17) is 4.74 Å².